The molecule has 3 rings (SSSR count). The van der Waals surface area contributed by atoms with Gasteiger partial charge in [0.05, 0.1) is 0 Å². The molecule has 2 aromatic rings. The zero-order chi connectivity index (χ0) is 11.0. The average Bonchev–Trinajstić information content (AvgIpc) is 2.69. The molecule has 0 bridgehead atoms. The molecular weight excluding hydrogens is 198 g/mol. The summed E-state index contributed by atoms with van der Waals surface area (Å²) >= 11 is 0. The van der Waals surface area contributed by atoms with Gasteiger partial charge in [0, 0.05) is 12.5 Å². The van der Waals surface area contributed by atoms with Gasteiger partial charge < -0.3 is 4.57 Å². The van der Waals surface area contributed by atoms with Crippen molar-refractivity contribution in [3.05, 3.63) is 47.5 Å². The smallest absolute Gasteiger partial charge is 0.140 e. The van der Waals surface area contributed by atoms with E-state index in [0.717, 1.165) is 25.2 Å². The largest absolute Gasteiger partial charge is 0.317 e. The summed E-state index contributed by atoms with van der Waals surface area (Å²) in [7, 11) is 0. The zero-order valence-electron chi connectivity index (χ0n) is 9.43. The molecule has 1 heterocycles. The van der Waals surface area contributed by atoms with Crippen LogP contribution in [0.5, 0.6) is 0 Å². The van der Waals surface area contributed by atoms with E-state index in [4.69, 9.17) is 0 Å². The van der Waals surface area contributed by atoms with Crippen LogP contribution >= 0.6 is 0 Å². The van der Waals surface area contributed by atoms with E-state index in [-0.39, 0.29) is 0 Å². The molecule has 0 amide bonds. The second-order valence-corrected chi connectivity index (χ2v) is 4.34. The quantitative estimate of drug-likeness (QED) is 0.783. The summed E-state index contributed by atoms with van der Waals surface area (Å²) in [5.74, 6) is 1.59. The SMILES string of the molecule is CCCn1cnnc1C1Cc2ccccc21. The van der Waals surface area contributed by atoms with Crippen LogP contribution in [0.4, 0.5) is 0 Å². The van der Waals surface area contributed by atoms with Gasteiger partial charge in [0.1, 0.15) is 12.2 Å². The van der Waals surface area contributed by atoms with Crippen LogP contribution in [0.2, 0.25) is 0 Å². The monoisotopic (exact) mass is 213 g/mol. The minimum atomic E-state index is 0.463. The number of aryl methyl sites for hydroxylation is 1. The molecule has 1 atom stereocenters. The molecule has 16 heavy (non-hydrogen) atoms. The van der Waals surface area contributed by atoms with Gasteiger partial charge in [-0.15, -0.1) is 10.2 Å². The van der Waals surface area contributed by atoms with Crippen molar-refractivity contribution in [2.75, 3.05) is 0 Å². The highest BCUT2D eigenvalue weighted by molar-refractivity contribution is 5.43. The van der Waals surface area contributed by atoms with Gasteiger partial charge in [-0.3, -0.25) is 0 Å². The van der Waals surface area contributed by atoms with E-state index in [9.17, 15) is 0 Å². The van der Waals surface area contributed by atoms with E-state index in [0.29, 0.717) is 5.92 Å². The number of rotatable bonds is 3. The standard InChI is InChI=1S/C13H15N3/c1-2-7-16-9-14-15-13(16)12-8-10-5-3-4-6-11(10)12/h3-6,9,12H,2,7-8H2,1H3. The molecule has 3 heteroatoms. The van der Waals surface area contributed by atoms with Crippen LogP contribution in [0.1, 0.15) is 36.2 Å². The molecule has 0 fully saturated rings. The number of hydrogen-bond acceptors (Lipinski definition) is 2. The first-order valence-electron chi connectivity index (χ1n) is 5.85. The summed E-state index contributed by atoms with van der Waals surface area (Å²) in [4.78, 5) is 0. The highest BCUT2D eigenvalue weighted by atomic mass is 15.3. The molecular formula is C13H15N3. The molecule has 1 aromatic carbocycles. The molecule has 1 aromatic heterocycles. The van der Waals surface area contributed by atoms with Gasteiger partial charge in [-0.2, -0.15) is 0 Å². The third kappa shape index (κ3) is 1.35. The fourth-order valence-electron chi connectivity index (χ4n) is 2.44. The van der Waals surface area contributed by atoms with Gasteiger partial charge in [0.2, 0.25) is 0 Å². The molecule has 0 spiro atoms. The van der Waals surface area contributed by atoms with Crippen molar-refractivity contribution in [1.82, 2.24) is 14.8 Å². The van der Waals surface area contributed by atoms with Crippen molar-refractivity contribution in [2.45, 2.75) is 32.2 Å². The van der Waals surface area contributed by atoms with E-state index < -0.39 is 0 Å². The van der Waals surface area contributed by atoms with Crippen LogP contribution in [0.3, 0.4) is 0 Å². The Bertz CT molecular complexity index is 501. The Labute approximate surface area is 95.1 Å². The predicted octanol–water partition coefficient (Wildman–Crippen LogP) is 2.38. The molecule has 0 N–H and O–H groups in total. The summed E-state index contributed by atoms with van der Waals surface area (Å²) in [5, 5.41) is 8.30. The number of benzene rings is 1. The Morgan fingerprint density at radius 2 is 2.25 bits per heavy atom. The minimum absolute atomic E-state index is 0.463. The maximum absolute atomic E-state index is 4.27. The van der Waals surface area contributed by atoms with Crippen molar-refractivity contribution < 1.29 is 0 Å². The topological polar surface area (TPSA) is 30.7 Å². The van der Waals surface area contributed by atoms with Crippen LogP contribution in [0.15, 0.2) is 30.6 Å². The lowest BCUT2D eigenvalue weighted by Gasteiger charge is -2.29. The van der Waals surface area contributed by atoms with Crippen LogP contribution in [-0.4, -0.2) is 14.8 Å². The van der Waals surface area contributed by atoms with Crippen molar-refractivity contribution in [3.63, 3.8) is 0 Å². The first-order valence-corrected chi connectivity index (χ1v) is 5.85. The Hall–Kier alpha value is -1.64. The average molecular weight is 213 g/mol. The first kappa shape index (κ1) is 9.58. The van der Waals surface area contributed by atoms with Crippen molar-refractivity contribution in [2.24, 2.45) is 0 Å². The van der Waals surface area contributed by atoms with Crippen LogP contribution < -0.4 is 0 Å². The van der Waals surface area contributed by atoms with Crippen molar-refractivity contribution in [3.8, 4) is 0 Å². The zero-order valence-corrected chi connectivity index (χ0v) is 9.43. The molecule has 1 unspecified atom stereocenters. The maximum Gasteiger partial charge on any atom is 0.140 e. The molecule has 0 radical (unpaired) electrons. The van der Waals surface area contributed by atoms with E-state index in [1.165, 1.54) is 11.1 Å². The second-order valence-electron chi connectivity index (χ2n) is 4.34. The van der Waals surface area contributed by atoms with Gasteiger partial charge in [-0.1, -0.05) is 31.2 Å². The molecule has 1 aliphatic rings. The van der Waals surface area contributed by atoms with Gasteiger partial charge in [0.15, 0.2) is 0 Å². The van der Waals surface area contributed by atoms with Gasteiger partial charge in [0.25, 0.3) is 0 Å². The number of fused-ring (bicyclic) bond motifs is 1. The minimum Gasteiger partial charge on any atom is -0.317 e. The van der Waals surface area contributed by atoms with Gasteiger partial charge in [-0.05, 0) is 24.0 Å². The molecule has 1 aliphatic carbocycles. The Morgan fingerprint density at radius 1 is 1.38 bits per heavy atom. The fraction of sp³-hybridized carbons (Fsp3) is 0.385. The number of hydrogen-bond donors (Lipinski definition) is 0. The van der Waals surface area contributed by atoms with E-state index >= 15 is 0 Å². The summed E-state index contributed by atoms with van der Waals surface area (Å²) in [6.45, 7) is 3.19. The normalized spacial score (nSPS) is 17.9. The third-order valence-electron chi connectivity index (χ3n) is 3.28. The lowest BCUT2D eigenvalue weighted by atomic mass is 9.77. The lowest BCUT2D eigenvalue weighted by molar-refractivity contribution is 0.574. The first-order chi connectivity index (χ1) is 7.90. The van der Waals surface area contributed by atoms with E-state index in [1.807, 2.05) is 6.33 Å². The van der Waals surface area contributed by atoms with Gasteiger partial charge in [-0.25, -0.2) is 0 Å². The highest BCUT2D eigenvalue weighted by Crippen LogP contribution is 2.38. The summed E-state index contributed by atoms with van der Waals surface area (Å²) in [5.41, 5.74) is 2.88. The van der Waals surface area contributed by atoms with Crippen molar-refractivity contribution in [1.29, 1.82) is 0 Å². The molecule has 0 aliphatic heterocycles. The van der Waals surface area contributed by atoms with Crippen LogP contribution in [0, 0.1) is 0 Å². The van der Waals surface area contributed by atoms with Crippen molar-refractivity contribution >= 4 is 0 Å². The Balaban J connectivity index is 1.93. The van der Waals surface area contributed by atoms with Gasteiger partial charge >= 0.3 is 0 Å². The number of aromatic nitrogens is 3. The summed E-state index contributed by atoms with van der Waals surface area (Å²) in [6, 6.07) is 8.61. The fourth-order valence-corrected chi connectivity index (χ4v) is 2.44. The predicted molar refractivity (Wildman–Crippen MR) is 62.3 cm³/mol. The Kier molecular flexibility index (Phi) is 2.24. The van der Waals surface area contributed by atoms with E-state index in [1.54, 1.807) is 0 Å². The molecule has 3 nitrogen and oxygen atoms in total. The molecule has 0 saturated heterocycles. The molecule has 82 valence electrons. The van der Waals surface area contributed by atoms with Crippen LogP contribution in [-0.2, 0) is 13.0 Å². The Morgan fingerprint density at radius 3 is 3.06 bits per heavy atom. The third-order valence-corrected chi connectivity index (χ3v) is 3.28. The number of nitrogens with zero attached hydrogens (tertiary/aromatic N) is 3. The highest BCUT2D eigenvalue weighted by Gasteiger charge is 2.30. The summed E-state index contributed by atoms with van der Waals surface area (Å²) in [6.07, 6.45) is 4.08. The summed E-state index contributed by atoms with van der Waals surface area (Å²) < 4.78 is 2.18. The van der Waals surface area contributed by atoms with Crippen LogP contribution in [0.25, 0.3) is 0 Å². The maximum atomic E-state index is 4.27. The lowest BCUT2D eigenvalue weighted by Crippen LogP contribution is -2.21. The van der Waals surface area contributed by atoms with E-state index in [2.05, 4.69) is 46.0 Å². The molecule has 0 saturated carbocycles. The second kappa shape index (κ2) is 3.74.